The molecule has 2 fully saturated rings. The number of carbonyl (C=O) groups is 4. The Labute approximate surface area is 388 Å². The topological polar surface area (TPSA) is 394 Å². The molecule has 5 aromatic heterocycles. The molecule has 69 heavy (non-hydrogen) atoms. The number of ether oxygens (including phenoxy) is 4. The summed E-state index contributed by atoms with van der Waals surface area (Å²) in [5.74, 6) is 0.557. The van der Waals surface area contributed by atoms with Gasteiger partial charge in [0.25, 0.3) is 11.1 Å². The lowest BCUT2D eigenvalue weighted by molar-refractivity contribution is -0.112. The van der Waals surface area contributed by atoms with E-state index >= 15 is 0 Å². The van der Waals surface area contributed by atoms with E-state index in [9.17, 15) is 43.2 Å². The number of nitrogens with one attached hydrogen (secondary N) is 2. The molecule has 1 unspecified atom stereocenters. The van der Waals surface area contributed by atoms with Crippen LogP contribution >= 0.6 is 0 Å². The molecule has 28 heteroatoms. The van der Waals surface area contributed by atoms with Crippen LogP contribution < -0.4 is 39.7 Å². The van der Waals surface area contributed by atoms with Gasteiger partial charge in [-0.05, 0) is 44.4 Å². The number of aromatic nitrogens is 10. The third-order valence-electron chi connectivity index (χ3n) is 10.4. The van der Waals surface area contributed by atoms with Crippen molar-refractivity contribution in [2.75, 3.05) is 24.7 Å². The maximum absolute atomic E-state index is 11.8. The number of hydrogen-bond acceptors (Lipinski definition) is 20. The number of anilines is 2. The summed E-state index contributed by atoms with van der Waals surface area (Å²) in [5.41, 5.74) is 19.2. The van der Waals surface area contributed by atoms with E-state index in [4.69, 9.17) is 35.9 Å². The van der Waals surface area contributed by atoms with Crippen LogP contribution in [0.15, 0.2) is 78.6 Å². The van der Waals surface area contributed by atoms with Gasteiger partial charge in [-0.2, -0.15) is 4.98 Å². The molecule has 0 bridgehead atoms. The molecule has 3 aliphatic heterocycles. The molecule has 8 rings (SSSR count). The van der Waals surface area contributed by atoms with E-state index in [0.29, 0.717) is 66.7 Å². The zero-order chi connectivity index (χ0) is 50.0. The molecule has 6 N–H and O–H groups in total. The summed E-state index contributed by atoms with van der Waals surface area (Å²) in [5, 5.41) is 3.58. The highest BCUT2D eigenvalue weighted by Gasteiger charge is 2.36. The van der Waals surface area contributed by atoms with Crippen molar-refractivity contribution in [1.29, 1.82) is 0 Å². The molecule has 28 nitrogen and oxygen atoms in total. The van der Waals surface area contributed by atoms with Crippen LogP contribution in [-0.2, 0) is 44.7 Å². The van der Waals surface area contributed by atoms with Crippen molar-refractivity contribution < 1.29 is 38.1 Å². The zero-order valence-electron chi connectivity index (χ0n) is 37.2. The van der Waals surface area contributed by atoms with Crippen LogP contribution in [0, 0.1) is 13.8 Å². The van der Waals surface area contributed by atoms with E-state index in [1.54, 1.807) is 49.2 Å². The molecule has 3 aliphatic rings. The summed E-state index contributed by atoms with van der Waals surface area (Å²) in [6.45, 7) is 4.27. The first-order chi connectivity index (χ1) is 33.2. The van der Waals surface area contributed by atoms with E-state index in [-0.39, 0.29) is 50.1 Å². The molecular weight excluding hydrogens is 911 g/mol. The third kappa shape index (κ3) is 14.0. The number of fused-ring (bicyclic) bond motifs is 1. The van der Waals surface area contributed by atoms with Crippen LogP contribution in [0.3, 0.4) is 0 Å². The largest absolute Gasteiger partial charge is 0.383 e. The Hall–Kier alpha value is -8.04. The highest BCUT2D eigenvalue weighted by molar-refractivity contribution is 5.81. The SMILES string of the molecule is Cc1cn([C@H]2C=C[C@@H](CC=O)O2)c(=O)[nH]c1=O.Cc1cn([C@H]2CC(N=[N+]=[N-])[C@@H](CC=O)O2)c(=O)[nH]c1=O.Nc1ccn([C@H]2CC[C@@H](CC=O)O2)c(=O)n1.Nc1ncnc2c1ncn2CCOCC=O. The number of nitrogen functional groups attached to an aromatic ring is 2. The summed E-state index contributed by atoms with van der Waals surface area (Å²) >= 11 is 0. The van der Waals surface area contributed by atoms with E-state index in [2.05, 4.69) is 39.9 Å². The van der Waals surface area contributed by atoms with Gasteiger partial charge in [0.15, 0.2) is 17.7 Å². The minimum absolute atomic E-state index is 0.0806. The van der Waals surface area contributed by atoms with Gasteiger partial charge in [0, 0.05) is 66.9 Å². The fourth-order valence-corrected chi connectivity index (χ4v) is 7.01. The molecule has 8 heterocycles. The van der Waals surface area contributed by atoms with Crippen LogP contribution in [0.25, 0.3) is 21.6 Å². The van der Waals surface area contributed by atoms with Gasteiger partial charge < -0.3 is 54.2 Å². The molecule has 0 saturated carbocycles. The van der Waals surface area contributed by atoms with Crippen LogP contribution in [0.1, 0.15) is 68.3 Å². The Kier molecular flexibility index (Phi) is 19.0. The fourth-order valence-electron chi connectivity index (χ4n) is 7.01. The summed E-state index contributed by atoms with van der Waals surface area (Å²) in [6.07, 6.45) is 13.8. The second kappa shape index (κ2) is 25.2. The van der Waals surface area contributed by atoms with Gasteiger partial charge in [0.05, 0.1) is 37.3 Å². The summed E-state index contributed by atoms with van der Waals surface area (Å²) in [4.78, 5) is 121. The highest BCUT2D eigenvalue weighted by Crippen LogP contribution is 2.31. The lowest BCUT2D eigenvalue weighted by Crippen LogP contribution is -2.33. The molecule has 0 aliphatic carbocycles. The molecule has 0 spiro atoms. The van der Waals surface area contributed by atoms with E-state index in [1.165, 1.54) is 32.4 Å². The molecule has 0 aromatic carbocycles. The normalized spacial score (nSPS) is 21.1. The molecule has 2 saturated heterocycles. The van der Waals surface area contributed by atoms with E-state index in [1.807, 2.05) is 0 Å². The monoisotopic (exact) mass is 959 g/mol. The van der Waals surface area contributed by atoms with E-state index < -0.39 is 52.8 Å². The summed E-state index contributed by atoms with van der Waals surface area (Å²) in [6, 6.07) is 1.03. The number of hydrogen-bond donors (Lipinski definition) is 4. The van der Waals surface area contributed by atoms with Gasteiger partial charge in [-0.3, -0.25) is 33.3 Å². The molecule has 0 amide bonds. The van der Waals surface area contributed by atoms with Crippen LogP contribution in [0.4, 0.5) is 11.6 Å². The molecule has 5 aromatic rings. The molecule has 7 atom stereocenters. The Morgan fingerprint density at radius 3 is 2.20 bits per heavy atom. The van der Waals surface area contributed by atoms with Crippen molar-refractivity contribution in [3.05, 3.63) is 123 Å². The van der Waals surface area contributed by atoms with E-state index in [0.717, 1.165) is 19.0 Å². The van der Waals surface area contributed by atoms with Crippen LogP contribution in [-0.4, -0.2) is 111 Å². The van der Waals surface area contributed by atoms with Crippen LogP contribution in [0.5, 0.6) is 0 Å². The number of aromatic amines is 2. The fraction of sp³-hybridized carbons (Fsp3) is 0.439. The maximum Gasteiger partial charge on any atom is 0.351 e. The first-order valence-electron chi connectivity index (χ1n) is 21.1. The highest BCUT2D eigenvalue weighted by atomic mass is 16.5. The Morgan fingerprint density at radius 1 is 0.841 bits per heavy atom. The van der Waals surface area contributed by atoms with Gasteiger partial charge in [-0.15, -0.1) is 0 Å². The second-order valence-corrected chi connectivity index (χ2v) is 15.2. The lowest BCUT2D eigenvalue weighted by Gasteiger charge is -2.14. The quantitative estimate of drug-likeness (QED) is 0.0268. The average molecular weight is 960 g/mol. The molecule has 0 radical (unpaired) electrons. The Balaban J connectivity index is 0.000000172. The van der Waals surface area contributed by atoms with Gasteiger partial charge in [-0.1, -0.05) is 11.2 Å². The number of aldehydes is 4. The molecular formula is C41H49N15O13. The van der Waals surface area contributed by atoms with Crippen molar-refractivity contribution in [2.24, 2.45) is 5.11 Å². The van der Waals surface area contributed by atoms with Crippen molar-refractivity contribution in [3.8, 4) is 0 Å². The average Bonchev–Trinajstić information content (AvgIpc) is 4.15. The van der Waals surface area contributed by atoms with Gasteiger partial charge in [0.2, 0.25) is 0 Å². The molecule has 366 valence electrons. The number of imidazole rings is 1. The Morgan fingerprint density at radius 2 is 1.54 bits per heavy atom. The second-order valence-electron chi connectivity index (χ2n) is 15.2. The number of H-pyrrole nitrogens is 2. The lowest BCUT2D eigenvalue weighted by atomic mass is 10.1. The number of azide groups is 1. The summed E-state index contributed by atoms with van der Waals surface area (Å²) in [7, 11) is 0. The predicted molar refractivity (Wildman–Crippen MR) is 241 cm³/mol. The van der Waals surface area contributed by atoms with Crippen molar-refractivity contribution in [3.63, 3.8) is 0 Å². The summed E-state index contributed by atoms with van der Waals surface area (Å²) < 4.78 is 27.4. The minimum Gasteiger partial charge on any atom is -0.383 e. The van der Waals surface area contributed by atoms with Crippen molar-refractivity contribution in [2.45, 2.75) is 102 Å². The smallest absolute Gasteiger partial charge is 0.351 e. The number of rotatable bonds is 15. The first kappa shape index (κ1) is 51.9. The standard InChI is InChI=1S/C11H13N5O4.C11H12N2O4.C10H13N3O3.C9H11N5O2/c1-6-5-16(11(19)13-10(6)18)9-4-7(14-15-12)8(20-9)2-3-17;1-7-6-13(11(16)12-10(7)15)9-3-2-8(17-9)4-5-14;11-8-3-5-13(10(15)12-8)9-2-1-7(16-9)4-6-14;10-8-7-9(12-5-11-8)14(6-13-7)1-3-16-4-2-15/h3,5,7-9H,2,4H2,1H3,(H,13,18,19);2-3,5-6,8-9H,4H2,1H3,(H,12,15,16);3,5-7,9H,1-2,4H2,(H2,11,12,15);2,5-6H,1,3-4H2,(H2,10,11,12)/t7?,8-,9-;8-,9+;7-,9+;/m100./s1. The van der Waals surface area contributed by atoms with Crippen molar-refractivity contribution in [1.82, 2.24) is 48.2 Å². The number of carbonyl (C=O) groups excluding carboxylic acids is 4. The number of nitrogens with zero attached hydrogens (tertiary/aromatic N) is 11. The first-order valence-corrected chi connectivity index (χ1v) is 21.1. The number of aryl methyl sites for hydroxylation is 2. The van der Waals surface area contributed by atoms with Crippen LogP contribution in [0.2, 0.25) is 0 Å². The predicted octanol–water partition coefficient (Wildman–Crippen LogP) is 0.00414. The zero-order valence-corrected chi connectivity index (χ0v) is 37.2. The number of nitrogens with two attached hydrogens (primary N) is 2. The van der Waals surface area contributed by atoms with Gasteiger partial charge in [-0.25, -0.2) is 29.3 Å². The third-order valence-corrected chi connectivity index (χ3v) is 10.4. The maximum atomic E-state index is 11.8. The Bertz CT molecular complexity index is 2970. The van der Waals surface area contributed by atoms with Gasteiger partial charge in [0.1, 0.15) is 61.9 Å². The minimum atomic E-state index is -0.668. The van der Waals surface area contributed by atoms with Crippen molar-refractivity contribution >= 4 is 47.9 Å². The van der Waals surface area contributed by atoms with Gasteiger partial charge >= 0.3 is 17.1 Å².